The van der Waals surface area contributed by atoms with Crippen molar-refractivity contribution >= 4 is 21.8 Å². The van der Waals surface area contributed by atoms with E-state index in [1.807, 2.05) is 6.07 Å². The average Bonchev–Trinajstić information content (AvgIpc) is 3.57. The molecule has 3 fully saturated rings. The molecule has 1 aliphatic heterocycles. The lowest BCUT2D eigenvalue weighted by Gasteiger charge is -2.51. The Morgan fingerprint density at radius 2 is 1.76 bits per heavy atom. The fourth-order valence-electron chi connectivity index (χ4n) is 5.74. The first kappa shape index (κ1) is 25.0. The maximum Gasteiger partial charge on any atom is 0.321 e. The average molecular weight is 491 g/mol. The lowest BCUT2D eigenvalue weighted by Crippen LogP contribution is -2.55. The molecule has 0 unspecified atom stereocenters. The van der Waals surface area contributed by atoms with E-state index >= 15 is 0 Å². The van der Waals surface area contributed by atoms with E-state index in [0.29, 0.717) is 12.5 Å². The SMILES string of the molecule is CN(C)[C@]1(c2ccccc2)CC[C@]2(CC1)CN(CC(=O)NCCS(C)(=O)=O)C(=O)N2CC1CC1. The van der Waals surface area contributed by atoms with E-state index in [1.165, 1.54) is 5.56 Å². The van der Waals surface area contributed by atoms with Crippen LogP contribution in [0.1, 0.15) is 44.1 Å². The predicted octanol–water partition coefficient (Wildman–Crippen LogP) is 2.06. The van der Waals surface area contributed by atoms with E-state index in [4.69, 9.17) is 0 Å². The third-order valence-corrected chi connectivity index (χ3v) is 8.95. The van der Waals surface area contributed by atoms with Gasteiger partial charge in [-0.15, -0.1) is 0 Å². The molecule has 1 aromatic carbocycles. The van der Waals surface area contributed by atoms with Crippen LogP contribution in [0.2, 0.25) is 0 Å². The lowest BCUT2D eigenvalue weighted by atomic mass is 9.68. The molecule has 9 heteroatoms. The Morgan fingerprint density at radius 3 is 2.32 bits per heavy atom. The van der Waals surface area contributed by atoms with Gasteiger partial charge in [-0.05, 0) is 64.1 Å². The molecular formula is C25H38N4O4S. The number of hydrogen-bond acceptors (Lipinski definition) is 5. The molecule has 34 heavy (non-hydrogen) atoms. The molecule has 2 aliphatic carbocycles. The van der Waals surface area contributed by atoms with Crippen LogP contribution in [0.25, 0.3) is 0 Å². The summed E-state index contributed by atoms with van der Waals surface area (Å²) in [5.41, 5.74) is 1.01. The summed E-state index contributed by atoms with van der Waals surface area (Å²) in [6.45, 7) is 1.36. The van der Waals surface area contributed by atoms with Gasteiger partial charge in [0.05, 0.1) is 11.3 Å². The Kier molecular flexibility index (Phi) is 6.97. The number of sulfone groups is 1. The molecule has 3 aliphatic rings. The highest BCUT2D eigenvalue weighted by Crippen LogP contribution is 2.49. The van der Waals surface area contributed by atoms with Crippen molar-refractivity contribution in [1.29, 1.82) is 0 Å². The number of rotatable bonds is 9. The second-order valence-corrected chi connectivity index (χ2v) is 12.9. The second kappa shape index (κ2) is 9.49. The minimum absolute atomic E-state index is 0.0248. The lowest BCUT2D eigenvalue weighted by molar-refractivity contribution is -0.121. The third-order valence-electron chi connectivity index (χ3n) is 8.00. The zero-order valence-corrected chi connectivity index (χ0v) is 21.4. The Balaban J connectivity index is 1.48. The zero-order chi connectivity index (χ0) is 24.6. The monoisotopic (exact) mass is 490 g/mol. The molecule has 0 radical (unpaired) electrons. The van der Waals surface area contributed by atoms with E-state index in [0.717, 1.165) is 51.3 Å². The van der Waals surface area contributed by atoms with Gasteiger partial charge < -0.3 is 15.1 Å². The Labute approximate surface area is 203 Å². The van der Waals surface area contributed by atoms with Gasteiger partial charge in [-0.1, -0.05) is 30.3 Å². The van der Waals surface area contributed by atoms with E-state index in [2.05, 4.69) is 53.5 Å². The van der Waals surface area contributed by atoms with Crippen LogP contribution in [0.5, 0.6) is 0 Å². The molecular weight excluding hydrogens is 452 g/mol. The quantitative estimate of drug-likeness (QED) is 0.572. The molecule has 2 saturated carbocycles. The van der Waals surface area contributed by atoms with Gasteiger partial charge in [-0.3, -0.25) is 9.69 Å². The molecule has 0 aromatic heterocycles. The van der Waals surface area contributed by atoms with Gasteiger partial charge in [-0.2, -0.15) is 0 Å². The molecule has 4 rings (SSSR count). The van der Waals surface area contributed by atoms with Crippen molar-refractivity contribution in [1.82, 2.24) is 20.0 Å². The summed E-state index contributed by atoms with van der Waals surface area (Å²) >= 11 is 0. The van der Waals surface area contributed by atoms with Crippen molar-refractivity contribution < 1.29 is 18.0 Å². The van der Waals surface area contributed by atoms with E-state index in [1.54, 1.807) is 4.90 Å². The summed E-state index contributed by atoms with van der Waals surface area (Å²) in [7, 11) is 1.13. The van der Waals surface area contributed by atoms with Gasteiger partial charge in [0, 0.05) is 31.4 Å². The van der Waals surface area contributed by atoms with E-state index in [-0.39, 0.29) is 41.9 Å². The van der Waals surface area contributed by atoms with Crippen LogP contribution in [0.3, 0.4) is 0 Å². The maximum absolute atomic E-state index is 13.4. The Morgan fingerprint density at radius 1 is 1.12 bits per heavy atom. The van der Waals surface area contributed by atoms with Crippen molar-refractivity contribution in [2.24, 2.45) is 5.92 Å². The predicted molar refractivity (Wildman–Crippen MR) is 132 cm³/mol. The Bertz CT molecular complexity index is 999. The molecule has 1 spiro atoms. The molecule has 1 N–H and O–H groups in total. The molecule has 8 nitrogen and oxygen atoms in total. The minimum atomic E-state index is -3.14. The minimum Gasteiger partial charge on any atom is -0.354 e. The van der Waals surface area contributed by atoms with Crippen LogP contribution in [0.4, 0.5) is 4.79 Å². The standard InChI is InChI=1S/C25H38N4O4S/c1-27(2)25(21-7-5-4-6-8-21)13-11-24(12-14-25)19-28(23(31)29(24)17-20-9-10-20)18-22(30)26-15-16-34(3,32)33/h4-8,20H,9-19H2,1-3H3,(H,26,30)/t24-,25+. The van der Waals surface area contributed by atoms with Crippen LogP contribution in [0, 0.1) is 5.92 Å². The summed E-state index contributed by atoms with van der Waals surface area (Å²) in [6.07, 6.45) is 7.17. The number of benzene rings is 1. The highest BCUT2D eigenvalue weighted by molar-refractivity contribution is 7.90. The fourth-order valence-corrected chi connectivity index (χ4v) is 6.21. The number of carbonyl (C=O) groups excluding carboxylic acids is 2. The summed E-state index contributed by atoms with van der Waals surface area (Å²) in [5.74, 6) is 0.165. The molecule has 0 atom stereocenters. The van der Waals surface area contributed by atoms with Gasteiger partial charge in [0.25, 0.3) is 0 Å². The third kappa shape index (κ3) is 5.25. The summed E-state index contributed by atoms with van der Waals surface area (Å²) in [5, 5.41) is 2.66. The van der Waals surface area contributed by atoms with Crippen molar-refractivity contribution in [3.63, 3.8) is 0 Å². The molecule has 1 saturated heterocycles. The van der Waals surface area contributed by atoms with E-state index < -0.39 is 9.84 Å². The van der Waals surface area contributed by atoms with Crippen molar-refractivity contribution in [3.8, 4) is 0 Å². The largest absolute Gasteiger partial charge is 0.354 e. The molecule has 0 bridgehead atoms. The maximum atomic E-state index is 13.4. The van der Waals surface area contributed by atoms with Gasteiger partial charge in [0.1, 0.15) is 16.4 Å². The first-order valence-electron chi connectivity index (χ1n) is 12.3. The smallest absolute Gasteiger partial charge is 0.321 e. The molecule has 1 heterocycles. The van der Waals surface area contributed by atoms with Crippen molar-refractivity contribution in [3.05, 3.63) is 35.9 Å². The summed E-state index contributed by atoms with van der Waals surface area (Å²) < 4.78 is 22.7. The Hall–Kier alpha value is -2.13. The van der Waals surface area contributed by atoms with Crippen molar-refractivity contribution in [2.75, 3.05) is 52.3 Å². The number of nitrogens with zero attached hydrogens (tertiary/aromatic N) is 3. The summed E-state index contributed by atoms with van der Waals surface area (Å²) in [6, 6.07) is 10.6. The van der Waals surface area contributed by atoms with Crippen LogP contribution in [0.15, 0.2) is 30.3 Å². The number of urea groups is 1. The van der Waals surface area contributed by atoms with E-state index in [9.17, 15) is 18.0 Å². The van der Waals surface area contributed by atoms with Crippen molar-refractivity contribution in [2.45, 2.75) is 49.6 Å². The number of carbonyl (C=O) groups is 2. The normalized spacial score (nSPS) is 27.6. The zero-order valence-electron chi connectivity index (χ0n) is 20.6. The summed E-state index contributed by atoms with van der Waals surface area (Å²) in [4.78, 5) is 32.0. The molecule has 188 valence electrons. The highest BCUT2D eigenvalue weighted by Gasteiger charge is 2.55. The number of nitrogens with one attached hydrogen (secondary N) is 1. The van der Waals surface area contributed by atoms with Crippen LogP contribution in [-0.4, -0.2) is 92.9 Å². The fraction of sp³-hybridized carbons (Fsp3) is 0.680. The van der Waals surface area contributed by atoms with Gasteiger partial charge in [0.2, 0.25) is 5.91 Å². The molecule has 3 amide bonds. The van der Waals surface area contributed by atoms with Crippen LogP contribution >= 0.6 is 0 Å². The van der Waals surface area contributed by atoms with Gasteiger partial charge >= 0.3 is 6.03 Å². The topological polar surface area (TPSA) is 90.0 Å². The number of hydrogen-bond donors (Lipinski definition) is 1. The van der Waals surface area contributed by atoms with Crippen LogP contribution < -0.4 is 5.32 Å². The highest BCUT2D eigenvalue weighted by atomic mass is 32.2. The van der Waals surface area contributed by atoms with Gasteiger partial charge in [0.15, 0.2) is 0 Å². The van der Waals surface area contributed by atoms with Crippen LogP contribution in [-0.2, 0) is 20.2 Å². The molecule has 1 aromatic rings. The first-order chi connectivity index (χ1) is 16.0. The number of amides is 3. The second-order valence-electron chi connectivity index (χ2n) is 10.7. The first-order valence-corrected chi connectivity index (χ1v) is 14.3. The van der Waals surface area contributed by atoms with Gasteiger partial charge in [-0.25, -0.2) is 13.2 Å².